The smallest absolute Gasteiger partial charge is 0.342 e. The Hall–Kier alpha value is -2.25. The van der Waals surface area contributed by atoms with Crippen molar-refractivity contribution in [2.24, 2.45) is 0 Å². The lowest BCUT2D eigenvalue weighted by Crippen LogP contribution is -2.07. The van der Waals surface area contributed by atoms with Gasteiger partial charge in [0.2, 0.25) is 0 Å². The molecule has 0 saturated carbocycles. The molecular weight excluding hydrogens is 418 g/mol. The van der Waals surface area contributed by atoms with E-state index in [1.807, 2.05) is 44.2 Å². The molecule has 0 aliphatic heterocycles. The first-order valence-electron chi connectivity index (χ1n) is 7.87. The number of fused-ring (bicyclic) bond motifs is 1. The second-order valence-corrected chi connectivity index (χ2v) is 7.62. The number of hydrogen-bond acceptors (Lipinski definition) is 5. The molecule has 134 valence electrons. The Morgan fingerprint density at radius 2 is 2.08 bits per heavy atom. The Labute approximate surface area is 163 Å². The minimum Gasteiger partial charge on any atom is -0.490 e. The van der Waals surface area contributed by atoms with Crippen molar-refractivity contribution in [3.8, 4) is 5.75 Å². The zero-order valence-electron chi connectivity index (χ0n) is 14.1. The number of carboxylic acid groups (broad SMARTS) is 1. The van der Waals surface area contributed by atoms with Crippen LogP contribution in [0.5, 0.6) is 5.75 Å². The summed E-state index contributed by atoms with van der Waals surface area (Å²) in [7, 11) is 0. The van der Waals surface area contributed by atoms with E-state index in [9.17, 15) is 9.90 Å². The number of hydrogen-bond donors (Lipinski definition) is 1. The Morgan fingerprint density at radius 3 is 2.77 bits per heavy atom. The highest BCUT2D eigenvalue weighted by atomic mass is 79.9. The number of carbonyl (C=O) groups is 1. The second-order valence-electron chi connectivity index (χ2n) is 5.71. The normalized spacial score (nSPS) is 11.9. The molecule has 5 nitrogen and oxygen atoms in total. The van der Waals surface area contributed by atoms with Gasteiger partial charge in [0, 0.05) is 10.0 Å². The fourth-order valence-electron chi connectivity index (χ4n) is 2.26. The molecule has 1 heterocycles. The van der Waals surface area contributed by atoms with Gasteiger partial charge in [-0.3, -0.25) is 0 Å². The number of benzene rings is 2. The van der Waals surface area contributed by atoms with Crippen LogP contribution in [0.1, 0.15) is 19.4 Å². The minimum atomic E-state index is -1.06. The maximum absolute atomic E-state index is 11.7. The van der Waals surface area contributed by atoms with Crippen molar-refractivity contribution < 1.29 is 19.1 Å². The van der Waals surface area contributed by atoms with Gasteiger partial charge in [0.25, 0.3) is 5.22 Å². The van der Waals surface area contributed by atoms with Crippen molar-refractivity contribution in [2.75, 3.05) is 0 Å². The van der Waals surface area contributed by atoms with E-state index in [2.05, 4.69) is 20.9 Å². The Balaban J connectivity index is 1.97. The zero-order valence-corrected chi connectivity index (χ0v) is 16.5. The van der Waals surface area contributed by atoms with E-state index in [0.717, 1.165) is 16.2 Å². The number of oxazole rings is 1. The largest absolute Gasteiger partial charge is 0.490 e. The molecule has 0 atom stereocenters. The molecule has 0 spiro atoms. The van der Waals surface area contributed by atoms with Crippen molar-refractivity contribution in [1.29, 1.82) is 0 Å². The summed E-state index contributed by atoms with van der Waals surface area (Å²) in [6, 6.07) is 12.8. The molecule has 0 aliphatic rings. The van der Waals surface area contributed by atoms with Crippen LogP contribution in [0.3, 0.4) is 0 Å². The minimum absolute atomic E-state index is 0.0266. The summed E-state index contributed by atoms with van der Waals surface area (Å²) in [4.78, 5) is 16.1. The fraction of sp³-hybridized carbons (Fsp3) is 0.158. The maximum atomic E-state index is 11.7. The molecule has 0 fully saturated rings. The maximum Gasteiger partial charge on any atom is 0.342 e. The number of thioether (sulfide) groups is 1. The van der Waals surface area contributed by atoms with E-state index in [1.54, 1.807) is 18.2 Å². The molecule has 26 heavy (non-hydrogen) atoms. The first kappa shape index (κ1) is 18.5. The van der Waals surface area contributed by atoms with E-state index in [-0.39, 0.29) is 16.2 Å². The third kappa shape index (κ3) is 4.47. The van der Waals surface area contributed by atoms with Crippen molar-refractivity contribution in [2.45, 2.75) is 25.2 Å². The molecule has 2 aromatic carbocycles. The van der Waals surface area contributed by atoms with Crippen molar-refractivity contribution >= 4 is 50.8 Å². The van der Waals surface area contributed by atoms with Gasteiger partial charge in [0.15, 0.2) is 5.58 Å². The van der Waals surface area contributed by atoms with Crippen molar-refractivity contribution in [3.63, 3.8) is 0 Å². The fourth-order valence-corrected chi connectivity index (χ4v) is 3.37. The summed E-state index contributed by atoms with van der Waals surface area (Å²) >= 11 is 4.37. The lowest BCUT2D eigenvalue weighted by molar-refractivity contribution is -0.131. The molecule has 0 unspecified atom stereocenters. The van der Waals surface area contributed by atoms with Crippen LogP contribution in [0.25, 0.3) is 17.2 Å². The number of ether oxygens (including phenoxy) is 1. The molecule has 0 aliphatic carbocycles. The summed E-state index contributed by atoms with van der Waals surface area (Å²) in [5.41, 5.74) is 1.96. The highest BCUT2D eigenvalue weighted by Crippen LogP contribution is 2.33. The molecule has 3 aromatic rings. The molecule has 0 saturated heterocycles. The van der Waals surface area contributed by atoms with E-state index in [1.165, 1.54) is 0 Å². The average molecular weight is 434 g/mol. The molecule has 0 bridgehead atoms. The molecular formula is C19H16BrNO4S. The van der Waals surface area contributed by atoms with Crippen LogP contribution >= 0.6 is 27.7 Å². The van der Waals surface area contributed by atoms with Crippen LogP contribution in [0.4, 0.5) is 0 Å². The first-order valence-corrected chi connectivity index (χ1v) is 9.48. The van der Waals surface area contributed by atoms with Crippen LogP contribution in [-0.4, -0.2) is 22.2 Å². The number of aromatic nitrogens is 1. The van der Waals surface area contributed by atoms with Crippen LogP contribution in [0.2, 0.25) is 0 Å². The topological polar surface area (TPSA) is 72.6 Å². The van der Waals surface area contributed by atoms with E-state index >= 15 is 0 Å². The lowest BCUT2D eigenvalue weighted by atomic mass is 10.2. The number of halogens is 1. The number of rotatable bonds is 6. The third-order valence-electron chi connectivity index (χ3n) is 3.30. The summed E-state index contributed by atoms with van der Waals surface area (Å²) in [6.07, 6.45) is 1.53. The third-order valence-corrected chi connectivity index (χ3v) is 4.66. The van der Waals surface area contributed by atoms with E-state index in [0.29, 0.717) is 22.4 Å². The second kappa shape index (κ2) is 7.97. The number of para-hydroxylation sites is 2. The quantitative estimate of drug-likeness (QED) is 0.403. The standard InChI is InChI=1S/C19H16BrNO4S/c1-11(2)24-15-8-7-13(20)9-12(15)10-17(18(22)23)26-19-21-14-5-3-4-6-16(14)25-19/h3-11H,1-2H3,(H,22,23)/b17-10+. The predicted octanol–water partition coefficient (Wildman–Crippen LogP) is 5.60. The number of carboxylic acids is 1. The number of nitrogens with zero attached hydrogens (tertiary/aromatic N) is 1. The highest BCUT2D eigenvalue weighted by molar-refractivity contribution is 9.10. The van der Waals surface area contributed by atoms with Gasteiger partial charge in [0.05, 0.1) is 6.10 Å². The van der Waals surface area contributed by atoms with Gasteiger partial charge in [-0.1, -0.05) is 28.1 Å². The highest BCUT2D eigenvalue weighted by Gasteiger charge is 2.16. The van der Waals surface area contributed by atoms with Gasteiger partial charge in [-0.05, 0) is 62.0 Å². The summed E-state index contributed by atoms with van der Waals surface area (Å²) in [5, 5.41) is 9.88. The molecule has 0 amide bonds. The predicted molar refractivity (Wildman–Crippen MR) is 105 cm³/mol. The van der Waals surface area contributed by atoms with Gasteiger partial charge >= 0.3 is 5.97 Å². The van der Waals surface area contributed by atoms with E-state index < -0.39 is 5.97 Å². The Kier molecular flexibility index (Phi) is 5.68. The van der Waals surface area contributed by atoms with Gasteiger partial charge in [-0.25, -0.2) is 9.78 Å². The first-order chi connectivity index (χ1) is 12.4. The van der Waals surface area contributed by atoms with Crippen LogP contribution < -0.4 is 4.74 Å². The van der Waals surface area contributed by atoms with Gasteiger partial charge in [-0.15, -0.1) is 0 Å². The van der Waals surface area contributed by atoms with Crippen molar-refractivity contribution in [1.82, 2.24) is 4.98 Å². The molecule has 1 aromatic heterocycles. The summed E-state index contributed by atoms with van der Waals surface area (Å²) in [6.45, 7) is 3.83. The van der Waals surface area contributed by atoms with Crippen LogP contribution in [0, 0.1) is 0 Å². The van der Waals surface area contributed by atoms with Crippen LogP contribution in [0.15, 0.2) is 61.5 Å². The van der Waals surface area contributed by atoms with Gasteiger partial charge in [0.1, 0.15) is 16.2 Å². The Bertz CT molecular complexity index is 948. The summed E-state index contributed by atoms with van der Waals surface area (Å²) in [5.74, 6) is -0.451. The molecule has 7 heteroatoms. The van der Waals surface area contributed by atoms with Crippen LogP contribution in [-0.2, 0) is 4.79 Å². The Morgan fingerprint density at radius 1 is 1.31 bits per heavy atom. The lowest BCUT2D eigenvalue weighted by Gasteiger charge is -2.13. The average Bonchev–Trinajstić information content (AvgIpc) is 2.98. The molecule has 3 rings (SSSR count). The van der Waals surface area contributed by atoms with Crippen molar-refractivity contribution in [3.05, 3.63) is 57.4 Å². The van der Waals surface area contributed by atoms with Gasteiger partial charge in [-0.2, -0.15) is 0 Å². The monoisotopic (exact) mass is 433 g/mol. The molecule has 0 radical (unpaired) electrons. The SMILES string of the molecule is CC(C)Oc1ccc(Br)cc1/C=C(/Sc1nc2ccccc2o1)C(=O)O. The zero-order chi connectivity index (χ0) is 18.7. The number of aliphatic carboxylic acids is 1. The van der Waals surface area contributed by atoms with E-state index in [4.69, 9.17) is 9.15 Å². The molecule has 1 N–H and O–H groups in total. The van der Waals surface area contributed by atoms with Gasteiger partial charge < -0.3 is 14.3 Å². The summed E-state index contributed by atoms with van der Waals surface area (Å²) < 4.78 is 12.2.